The molecular weight excluding hydrogens is 221 g/mol. The Morgan fingerprint density at radius 2 is 2.12 bits per heavy atom. The molecule has 1 aromatic carbocycles. The second-order valence-corrected chi connectivity index (χ2v) is 4.30. The number of hydrogen-bond donors (Lipinski definition) is 1. The van der Waals surface area contributed by atoms with Crippen molar-refractivity contribution in [1.29, 1.82) is 0 Å². The molecule has 2 aromatic rings. The second kappa shape index (κ2) is 4.00. The van der Waals surface area contributed by atoms with Crippen LogP contribution in [0.4, 0.5) is 10.1 Å². The summed E-state index contributed by atoms with van der Waals surface area (Å²) >= 11 is 0. The van der Waals surface area contributed by atoms with E-state index in [-0.39, 0.29) is 5.82 Å². The van der Waals surface area contributed by atoms with Crippen LogP contribution in [0.5, 0.6) is 0 Å². The molecule has 0 spiro atoms. The van der Waals surface area contributed by atoms with Gasteiger partial charge >= 0.3 is 0 Å². The summed E-state index contributed by atoms with van der Waals surface area (Å²) in [4.78, 5) is 2.05. The zero-order valence-electron chi connectivity index (χ0n) is 9.66. The third kappa shape index (κ3) is 1.76. The van der Waals surface area contributed by atoms with Crippen molar-refractivity contribution >= 4 is 16.7 Å². The maximum atomic E-state index is 14.0. The van der Waals surface area contributed by atoms with Gasteiger partial charge in [-0.15, -0.1) is 0 Å². The van der Waals surface area contributed by atoms with Crippen molar-refractivity contribution in [2.75, 3.05) is 31.1 Å². The molecule has 2 heterocycles. The van der Waals surface area contributed by atoms with E-state index in [0.29, 0.717) is 11.3 Å². The SMILES string of the molecule is Cc1noc2cc(F)c(N3CCNCC3)cc12. The van der Waals surface area contributed by atoms with E-state index in [2.05, 4.69) is 15.4 Å². The lowest BCUT2D eigenvalue weighted by Crippen LogP contribution is -2.43. The van der Waals surface area contributed by atoms with E-state index in [1.165, 1.54) is 6.07 Å². The number of fused-ring (bicyclic) bond motifs is 1. The van der Waals surface area contributed by atoms with Crippen LogP contribution < -0.4 is 10.2 Å². The molecule has 1 aromatic heterocycles. The number of piperazine rings is 1. The van der Waals surface area contributed by atoms with Gasteiger partial charge in [0.15, 0.2) is 5.58 Å². The Morgan fingerprint density at radius 1 is 1.35 bits per heavy atom. The van der Waals surface area contributed by atoms with E-state index < -0.39 is 0 Å². The fourth-order valence-corrected chi connectivity index (χ4v) is 2.22. The van der Waals surface area contributed by atoms with E-state index in [9.17, 15) is 4.39 Å². The first-order valence-electron chi connectivity index (χ1n) is 5.77. The Kier molecular flexibility index (Phi) is 2.48. The minimum Gasteiger partial charge on any atom is -0.367 e. The van der Waals surface area contributed by atoms with Crippen molar-refractivity contribution in [1.82, 2.24) is 10.5 Å². The lowest BCUT2D eigenvalue weighted by molar-refractivity contribution is 0.448. The van der Waals surface area contributed by atoms with Gasteiger partial charge in [-0.25, -0.2) is 4.39 Å². The van der Waals surface area contributed by atoms with Crippen molar-refractivity contribution < 1.29 is 8.91 Å². The first-order valence-corrected chi connectivity index (χ1v) is 5.77. The zero-order chi connectivity index (χ0) is 11.8. The second-order valence-electron chi connectivity index (χ2n) is 4.30. The van der Waals surface area contributed by atoms with Gasteiger partial charge in [-0.3, -0.25) is 0 Å². The van der Waals surface area contributed by atoms with Crippen LogP contribution in [0.2, 0.25) is 0 Å². The average Bonchev–Trinajstić information content (AvgIpc) is 2.70. The largest absolute Gasteiger partial charge is 0.367 e. The monoisotopic (exact) mass is 235 g/mol. The van der Waals surface area contributed by atoms with Gasteiger partial charge in [-0.1, -0.05) is 5.16 Å². The molecule has 5 heteroatoms. The predicted octanol–water partition coefficient (Wildman–Crippen LogP) is 1.68. The number of hydrogen-bond acceptors (Lipinski definition) is 4. The molecule has 4 nitrogen and oxygen atoms in total. The van der Waals surface area contributed by atoms with Crippen molar-refractivity contribution in [3.05, 3.63) is 23.6 Å². The minimum absolute atomic E-state index is 0.240. The highest BCUT2D eigenvalue weighted by atomic mass is 19.1. The van der Waals surface area contributed by atoms with E-state index in [4.69, 9.17) is 4.52 Å². The molecule has 1 saturated heterocycles. The van der Waals surface area contributed by atoms with Crippen LogP contribution in [0.3, 0.4) is 0 Å². The van der Waals surface area contributed by atoms with Gasteiger partial charge in [0.2, 0.25) is 0 Å². The summed E-state index contributed by atoms with van der Waals surface area (Å²) in [5, 5.41) is 7.99. The highest BCUT2D eigenvalue weighted by Crippen LogP contribution is 2.28. The summed E-state index contributed by atoms with van der Waals surface area (Å²) in [6.45, 7) is 5.30. The third-order valence-corrected chi connectivity index (χ3v) is 3.18. The number of nitrogens with zero attached hydrogens (tertiary/aromatic N) is 2. The number of benzene rings is 1. The summed E-state index contributed by atoms with van der Waals surface area (Å²) in [6.07, 6.45) is 0. The fraction of sp³-hybridized carbons (Fsp3) is 0.417. The molecule has 0 unspecified atom stereocenters. The van der Waals surface area contributed by atoms with Crippen LogP contribution in [-0.2, 0) is 0 Å². The molecule has 0 atom stereocenters. The lowest BCUT2D eigenvalue weighted by atomic mass is 10.1. The maximum Gasteiger partial charge on any atom is 0.170 e. The molecule has 3 rings (SSSR count). The highest BCUT2D eigenvalue weighted by molar-refractivity contribution is 5.83. The molecule has 0 radical (unpaired) electrons. The van der Waals surface area contributed by atoms with Crippen molar-refractivity contribution in [2.24, 2.45) is 0 Å². The Bertz CT molecular complexity index is 546. The predicted molar refractivity (Wildman–Crippen MR) is 63.8 cm³/mol. The van der Waals surface area contributed by atoms with Crippen LogP contribution >= 0.6 is 0 Å². The minimum atomic E-state index is -0.240. The lowest BCUT2D eigenvalue weighted by Gasteiger charge is -2.29. The molecule has 1 N–H and O–H groups in total. The Morgan fingerprint density at radius 3 is 2.88 bits per heavy atom. The van der Waals surface area contributed by atoms with Crippen LogP contribution in [0.1, 0.15) is 5.69 Å². The molecule has 17 heavy (non-hydrogen) atoms. The van der Waals surface area contributed by atoms with Crippen molar-refractivity contribution in [3.63, 3.8) is 0 Å². The molecule has 0 saturated carbocycles. The standard InChI is InChI=1S/C12H14FN3O/c1-8-9-6-11(16-4-2-14-3-5-16)10(13)7-12(9)17-15-8/h6-7,14H,2-5H2,1H3. The summed E-state index contributed by atoms with van der Waals surface area (Å²) in [6, 6.07) is 3.26. The van der Waals surface area contributed by atoms with Gasteiger partial charge in [0.05, 0.1) is 11.4 Å². The van der Waals surface area contributed by atoms with E-state index in [1.807, 2.05) is 13.0 Å². The van der Waals surface area contributed by atoms with Gasteiger partial charge < -0.3 is 14.7 Å². The quantitative estimate of drug-likeness (QED) is 0.816. The zero-order valence-corrected chi connectivity index (χ0v) is 9.66. The first kappa shape index (κ1) is 10.5. The average molecular weight is 235 g/mol. The summed E-state index contributed by atoms with van der Waals surface area (Å²) < 4.78 is 19.0. The smallest absolute Gasteiger partial charge is 0.170 e. The Labute approximate surface area is 98.4 Å². The molecule has 0 aliphatic carbocycles. The van der Waals surface area contributed by atoms with Gasteiger partial charge in [0.1, 0.15) is 5.82 Å². The number of halogens is 1. The molecular formula is C12H14FN3O. The molecule has 0 amide bonds. The number of aromatic nitrogens is 1. The van der Waals surface area contributed by atoms with Crippen LogP contribution in [0, 0.1) is 12.7 Å². The van der Waals surface area contributed by atoms with Gasteiger partial charge in [-0.2, -0.15) is 0 Å². The molecule has 0 bridgehead atoms. The number of rotatable bonds is 1. The fourth-order valence-electron chi connectivity index (χ4n) is 2.22. The van der Waals surface area contributed by atoms with E-state index in [1.54, 1.807) is 0 Å². The van der Waals surface area contributed by atoms with Crippen molar-refractivity contribution in [3.8, 4) is 0 Å². The molecule has 1 fully saturated rings. The molecule has 90 valence electrons. The van der Waals surface area contributed by atoms with Gasteiger partial charge in [0, 0.05) is 37.6 Å². The van der Waals surface area contributed by atoms with Gasteiger partial charge in [0.25, 0.3) is 0 Å². The van der Waals surface area contributed by atoms with E-state index in [0.717, 1.165) is 37.3 Å². The third-order valence-electron chi connectivity index (χ3n) is 3.18. The van der Waals surface area contributed by atoms with Crippen LogP contribution in [0.15, 0.2) is 16.7 Å². The maximum absolute atomic E-state index is 14.0. The van der Waals surface area contributed by atoms with E-state index >= 15 is 0 Å². The number of anilines is 1. The molecule has 1 aliphatic rings. The summed E-state index contributed by atoms with van der Waals surface area (Å²) in [5.41, 5.74) is 1.96. The first-order chi connectivity index (χ1) is 8.25. The number of aryl methyl sites for hydroxylation is 1. The van der Waals surface area contributed by atoms with Crippen LogP contribution in [0.25, 0.3) is 11.0 Å². The topological polar surface area (TPSA) is 41.3 Å². The Hall–Kier alpha value is -1.62. The van der Waals surface area contributed by atoms with Crippen LogP contribution in [-0.4, -0.2) is 31.3 Å². The normalized spacial score (nSPS) is 16.7. The van der Waals surface area contributed by atoms with Crippen molar-refractivity contribution in [2.45, 2.75) is 6.92 Å². The molecule has 1 aliphatic heterocycles. The summed E-state index contributed by atoms with van der Waals surface area (Å²) in [7, 11) is 0. The van der Waals surface area contributed by atoms with Gasteiger partial charge in [-0.05, 0) is 13.0 Å². The Balaban J connectivity index is 2.07. The summed E-state index contributed by atoms with van der Waals surface area (Å²) in [5.74, 6) is -0.240. The highest BCUT2D eigenvalue weighted by Gasteiger charge is 2.17. The number of nitrogens with one attached hydrogen (secondary N) is 1.